The van der Waals surface area contributed by atoms with Gasteiger partial charge in [0.1, 0.15) is 54.6 Å². The summed E-state index contributed by atoms with van der Waals surface area (Å²) in [5.74, 6) is -0.817. The lowest BCUT2D eigenvalue weighted by Crippen LogP contribution is -2.65. The van der Waals surface area contributed by atoms with E-state index < -0.39 is 80.5 Å². The van der Waals surface area contributed by atoms with Gasteiger partial charge in [-0.15, -0.1) is 0 Å². The Morgan fingerprint density at radius 3 is 2.26 bits per heavy atom. The molecule has 8 bridgehead atoms. The summed E-state index contributed by atoms with van der Waals surface area (Å²) in [7, 11) is 0. The van der Waals surface area contributed by atoms with E-state index in [1.807, 2.05) is 13.0 Å². The third-order valence-electron chi connectivity index (χ3n) is 14.8. The molecule has 10 N–H and O–H groups in total. The highest BCUT2D eigenvalue weighted by atomic mass is 16.8. The topological polar surface area (TPSA) is 286 Å². The van der Waals surface area contributed by atoms with Gasteiger partial charge in [0.05, 0.1) is 53.5 Å². The maximum Gasteiger partial charge on any atom is 0.243 e. The van der Waals surface area contributed by atoms with Gasteiger partial charge in [-0.3, -0.25) is 4.79 Å². The van der Waals surface area contributed by atoms with Gasteiger partial charge in [0.2, 0.25) is 12.2 Å². The average Bonchev–Trinajstić information content (AvgIpc) is 4.10. The summed E-state index contributed by atoms with van der Waals surface area (Å²) in [5, 5.41) is 88.0. The molecule has 8 aliphatic rings. The zero-order valence-corrected chi connectivity index (χ0v) is 40.9. The third-order valence-corrected chi connectivity index (χ3v) is 14.8. The van der Waals surface area contributed by atoms with Crippen LogP contribution < -0.4 is 10.8 Å². The molecule has 70 heavy (non-hydrogen) atoms. The number of hydrogen-bond donors (Lipinski definition) is 10. The van der Waals surface area contributed by atoms with Crippen LogP contribution in [0.4, 0.5) is 0 Å². The van der Waals surface area contributed by atoms with Crippen LogP contribution in [0.5, 0.6) is 0 Å². The number of fused-ring (bicyclic) bond motifs is 5. The molecule has 0 saturated carbocycles. The van der Waals surface area contributed by atoms with Crippen molar-refractivity contribution < 1.29 is 69.4 Å². The zero-order valence-electron chi connectivity index (χ0n) is 40.9. The van der Waals surface area contributed by atoms with E-state index >= 15 is 0 Å². The number of nitrogens with one attached hydrogen (secondary N) is 2. The molecule has 19 nitrogen and oxygen atoms in total. The van der Waals surface area contributed by atoms with Gasteiger partial charge in [0.15, 0.2) is 6.29 Å². The van der Waals surface area contributed by atoms with Crippen molar-refractivity contribution in [3.8, 4) is 0 Å². The van der Waals surface area contributed by atoms with Crippen LogP contribution in [0.25, 0.3) is 0 Å². The van der Waals surface area contributed by atoms with Gasteiger partial charge < -0.3 is 65.1 Å². The van der Waals surface area contributed by atoms with E-state index in [2.05, 4.69) is 64.5 Å². The summed E-state index contributed by atoms with van der Waals surface area (Å²) in [5.41, 5.74) is 15.1. The van der Waals surface area contributed by atoms with Crippen molar-refractivity contribution in [3.63, 3.8) is 0 Å². The van der Waals surface area contributed by atoms with Gasteiger partial charge in [0, 0.05) is 59.4 Å². The molecule has 1 unspecified atom stereocenters. The Morgan fingerprint density at radius 2 is 1.54 bits per heavy atom. The van der Waals surface area contributed by atoms with Crippen molar-refractivity contribution in [2.45, 2.75) is 167 Å². The van der Waals surface area contributed by atoms with E-state index in [1.165, 1.54) is 0 Å². The lowest BCUT2D eigenvalue weighted by molar-refractivity contribution is -0.363. The van der Waals surface area contributed by atoms with Crippen molar-refractivity contribution in [2.24, 2.45) is 26.8 Å². The number of aliphatic hydroxyl groups excluding tert-OH is 8. The number of aliphatic imine (C=N–C) groups is 3. The predicted octanol–water partition coefficient (Wildman–Crippen LogP) is 3.10. The highest BCUT2D eigenvalue weighted by Gasteiger charge is 2.51. The molecule has 0 spiro atoms. The first-order valence-corrected chi connectivity index (χ1v) is 24.6. The number of unbranched alkanes of at least 4 members (excludes halogenated alkanes) is 3. The molecule has 1 aliphatic carbocycles. The maximum absolute atomic E-state index is 13.6. The molecule has 3 fully saturated rings. The Morgan fingerprint density at radius 1 is 0.843 bits per heavy atom. The third kappa shape index (κ3) is 9.88. The van der Waals surface area contributed by atoms with Crippen LogP contribution in [0, 0.1) is 11.8 Å². The van der Waals surface area contributed by atoms with Crippen LogP contribution >= 0.6 is 0 Å². The average molecular weight is 976 g/mol. The van der Waals surface area contributed by atoms with E-state index in [9.17, 15) is 45.6 Å². The first-order valence-electron chi connectivity index (χ1n) is 24.6. The fraction of sp³-hybridized carbons (Fsp3) is 0.608. The summed E-state index contributed by atoms with van der Waals surface area (Å²) < 4.78 is 23.2. The van der Waals surface area contributed by atoms with Crippen LogP contribution in [0.3, 0.4) is 0 Å². The Bertz CT molecular complexity index is 2440. The molecule has 8 rings (SSSR count). The number of carbonyl (C=O) groups excluding carboxylic acids is 1. The van der Waals surface area contributed by atoms with Gasteiger partial charge in [-0.05, 0) is 87.5 Å². The molecular formula is C51H69N5O14. The Labute approximate surface area is 407 Å². The number of hydroxylamine groups is 1. The Kier molecular flexibility index (Phi) is 16.1. The van der Waals surface area contributed by atoms with Crippen molar-refractivity contribution in [1.82, 2.24) is 10.8 Å². The van der Waals surface area contributed by atoms with Crippen LogP contribution in [0.2, 0.25) is 0 Å². The molecular weight excluding hydrogens is 907 g/mol. The fourth-order valence-electron chi connectivity index (χ4n) is 10.6. The van der Waals surface area contributed by atoms with E-state index in [-0.39, 0.29) is 36.5 Å². The molecule has 7 heterocycles. The zero-order chi connectivity index (χ0) is 50.3. The van der Waals surface area contributed by atoms with Gasteiger partial charge in [-0.25, -0.2) is 25.3 Å². The minimum atomic E-state index is -1.85. The molecule has 3 saturated heterocycles. The molecule has 19 heteroatoms. The van der Waals surface area contributed by atoms with Crippen molar-refractivity contribution in [1.29, 1.82) is 0 Å². The van der Waals surface area contributed by atoms with Crippen molar-refractivity contribution in [2.75, 3.05) is 19.8 Å². The molecule has 0 aromatic rings. The summed E-state index contributed by atoms with van der Waals surface area (Å²) in [4.78, 5) is 34.7. The van der Waals surface area contributed by atoms with Gasteiger partial charge >= 0.3 is 0 Å². The SMILES string of the molecule is CCCCCCOC(C)C1=C(C)C2=NC1=CC1=NC(=CC3=C(C)C4=C(O)CC(=C5NC(=C2)[C@@H](C)[C@@H]5CCC(=O)NO[C@@H]2O[C@H](CO)[C@@H](O[C@@H]5O[C@H](CO)[C@@H](O)[C@H](O)[C@H]5O)[C@H](O)[C@H]2O)C4=N3)C(CC)=C1C. The first kappa shape index (κ1) is 51.9. The molecule has 0 aromatic heterocycles. The van der Waals surface area contributed by atoms with Crippen LogP contribution in [0.15, 0.2) is 106 Å². The summed E-state index contributed by atoms with van der Waals surface area (Å²) >= 11 is 0. The van der Waals surface area contributed by atoms with E-state index in [4.69, 9.17) is 38.8 Å². The lowest BCUT2D eigenvalue weighted by atomic mass is 9.86. The smallest absolute Gasteiger partial charge is 0.243 e. The quantitative estimate of drug-likeness (QED) is 0.0741. The van der Waals surface area contributed by atoms with Gasteiger partial charge in [-0.1, -0.05) is 40.0 Å². The summed E-state index contributed by atoms with van der Waals surface area (Å²) in [6.45, 7) is 13.7. The lowest BCUT2D eigenvalue weighted by Gasteiger charge is -2.45. The molecule has 13 atom stereocenters. The number of carbonyl (C=O) groups is 1. The van der Waals surface area contributed by atoms with E-state index in [0.29, 0.717) is 30.0 Å². The van der Waals surface area contributed by atoms with Crippen LogP contribution in [0.1, 0.15) is 99.8 Å². The molecule has 382 valence electrons. The Hall–Kier alpha value is -4.48. The minimum Gasteiger partial charge on any atom is -0.511 e. The Balaban J connectivity index is 1.04. The molecule has 7 aliphatic heterocycles. The number of rotatable bonds is 17. The minimum absolute atomic E-state index is 0.0681. The standard InChI is InChI=1S/C51H69N5O14/c1-8-10-11-12-15-66-26(7)40-24(5)32-17-31-23(4)28(13-14-39(60)56-70-51-48(65)46(63)49(38(21-58)68-51)69-50-47(64)45(62)44(61)37(20-57)67-50)42(54-31)29-16-36(59)41-25(6)33(55-43(29)41)18-34-27(9-2)22(3)30(52-34)19-35(40)53-32/h17-19,23,26,28,37-38,44-51,54,57-59,61-65H,8-16,20-21H2,1-7H3,(H,56,60)/t23-,26?,28-,37+,38+,44+,45-,46+,47+,48+,49+,50-,51-/m0/s1. The van der Waals surface area contributed by atoms with E-state index in [0.717, 1.165) is 99.8 Å². The van der Waals surface area contributed by atoms with Crippen molar-refractivity contribution >= 4 is 23.0 Å². The fourth-order valence-corrected chi connectivity index (χ4v) is 10.6. The summed E-state index contributed by atoms with van der Waals surface area (Å²) in [6.07, 6.45) is -5.11. The van der Waals surface area contributed by atoms with Crippen molar-refractivity contribution in [3.05, 3.63) is 91.5 Å². The number of allylic oxidation sites excluding steroid dienone is 11. The second kappa shape index (κ2) is 21.7. The molecule has 0 radical (unpaired) electrons. The number of ether oxygens (including phenoxy) is 4. The monoisotopic (exact) mass is 975 g/mol. The molecule has 0 aromatic carbocycles. The van der Waals surface area contributed by atoms with Crippen LogP contribution in [-0.2, 0) is 28.6 Å². The number of hydrogen-bond acceptors (Lipinski definition) is 18. The second-order valence-corrected chi connectivity index (χ2v) is 19.3. The van der Waals surface area contributed by atoms with Gasteiger partial charge in [0.25, 0.3) is 0 Å². The highest BCUT2D eigenvalue weighted by Crippen LogP contribution is 2.47. The first-order chi connectivity index (χ1) is 33.5. The number of nitrogens with zero attached hydrogens (tertiary/aromatic N) is 3. The molecule has 1 amide bonds. The van der Waals surface area contributed by atoms with Gasteiger partial charge in [-0.2, -0.15) is 0 Å². The largest absolute Gasteiger partial charge is 0.511 e. The maximum atomic E-state index is 13.6. The number of amides is 1. The van der Waals surface area contributed by atoms with E-state index in [1.54, 1.807) is 0 Å². The number of aliphatic hydroxyl groups is 8. The second-order valence-electron chi connectivity index (χ2n) is 19.3. The van der Waals surface area contributed by atoms with Crippen LogP contribution in [-0.4, -0.2) is 151 Å². The normalized spacial score (nSPS) is 33.4. The highest BCUT2D eigenvalue weighted by molar-refractivity contribution is 6.21. The summed E-state index contributed by atoms with van der Waals surface area (Å²) in [6, 6.07) is 0. The predicted molar refractivity (Wildman–Crippen MR) is 256 cm³/mol.